The van der Waals surface area contributed by atoms with Crippen LogP contribution in [0.25, 0.3) is 0 Å². The Morgan fingerprint density at radius 3 is 2.67 bits per heavy atom. The van der Waals surface area contributed by atoms with Crippen LogP contribution in [0.4, 0.5) is 9.93 Å². The number of nitrogens with one attached hydrogen (secondary N) is 2. The highest BCUT2D eigenvalue weighted by atomic mass is 32.1. The molecule has 3 N–H and O–H groups in total. The third-order valence-corrected chi connectivity index (χ3v) is 4.65. The van der Waals surface area contributed by atoms with E-state index < -0.39 is 12.0 Å². The second kappa shape index (κ2) is 6.89. The Labute approximate surface area is 128 Å². The van der Waals surface area contributed by atoms with Gasteiger partial charge in [-0.25, -0.2) is 9.78 Å². The normalized spacial score (nSPS) is 15.4. The summed E-state index contributed by atoms with van der Waals surface area (Å²) in [6, 6.07) is -0.780. The van der Waals surface area contributed by atoms with E-state index in [0.29, 0.717) is 5.13 Å². The number of carbonyl (C=O) groups excluding carboxylic acids is 1. The average Bonchev–Trinajstić information content (AvgIpc) is 2.79. The van der Waals surface area contributed by atoms with Crippen molar-refractivity contribution in [1.29, 1.82) is 0 Å². The number of urea groups is 1. The highest BCUT2D eigenvalue weighted by Gasteiger charge is 2.21. The SMILES string of the molecule is CC(C)C(CC(=O)O)NC(=O)Nc1nc2c(s1)CCCC2. The van der Waals surface area contributed by atoms with E-state index in [-0.39, 0.29) is 18.4 Å². The molecule has 21 heavy (non-hydrogen) atoms. The fourth-order valence-electron chi connectivity index (χ4n) is 2.35. The zero-order chi connectivity index (χ0) is 15.4. The van der Waals surface area contributed by atoms with E-state index in [1.165, 1.54) is 22.6 Å². The Bertz CT molecular complexity index is 504. The molecule has 0 aliphatic heterocycles. The highest BCUT2D eigenvalue weighted by molar-refractivity contribution is 7.15. The molecule has 1 atom stereocenters. The van der Waals surface area contributed by atoms with Gasteiger partial charge in [-0.2, -0.15) is 0 Å². The molecule has 7 heteroatoms. The Morgan fingerprint density at radius 1 is 1.33 bits per heavy atom. The molecule has 1 aromatic heterocycles. The Hall–Kier alpha value is -1.63. The Morgan fingerprint density at radius 2 is 2.05 bits per heavy atom. The molecule has 1 unspecified atom stereocenters. The largest absolute Gasteiger partial charge is 0.481 e. The molecule has 1 aliphatic carbocycles. The maximum absolute atomic E-state index is 12.0. The van der Waals surface area contributed by atoms with Gasteiger partial charge in [-0.3, -0.25) is 10.1 Å². The molecular formula is C14H21N3O3S. The van der Waals surface area contributed by atoms with Crippen LogP contribution < -0.4 is 10.6 Å². The molecule has 116 valence electrons. The van der Waals surface area contributed by atoms with Gasteiger partial charge in [0.25, 0.3) is 0 Å². The summed E-state index contributed by atoms with van der Waals surface area (Å²) in [6.45, 7) is 3.77. The summed E-state index contributed by atoms with van der Waals surface area (Å²) in [6.07, 6.45) is 4.25. The van der Waals surface area contributed by atoms with Crippen molar-refractivity contribution in [3.8, 4) is 0 Å². The topological polar surface area (TPSA) is 91.3 Å². The molecule has 0 fully saturated rings. The molecular weight excluding hydrogens is 290 g/mol. The van der Waals surface area contributed by atoms with Crippen LogP contribution in [0.2, 0.25) is 0 Å². The molecule has 6 nitrogen and oxygen atoms in total. The van der Waals surface area contributed by atoms with E-state index in [1.807, 2.05) is 13.8 Å². The summed E-state index contributed by atoms with van der Waals surface area (Å²) in [4.78, 5) is 28.5. The first-order chi connectivity index (χ1) is 9.95. The van der Waals surface area contributed by atoms with Crippen molar-refractivity contribution in [1.82, 2.24) is 10.3 Å². The molecule has 0 saturated heterocycles. The number of amides is 2. The molecule has 1 aromatic rings. The quantitative estimate of drug-likeness (QED) is 0.779. The monoisotopic (exact) mass is 311 g/mol. The number of aryl methyl sites for hydroxylation is 2. The van der Waals surface area contributed by atoms with Crippen molar-refractivity contribution in [2.45, 2.75) is 52.0 Å². The minimum atomic E-state index is -0.918. The standard InChI is InChI=1S/C14H21N3O3S/c1-8(2)10(7-12(18)19)15-13(20)17-14-16-9-5-3-4-6-11(9)21-14/h8,10H,3-7H2,1-2H3,(H,18,19)(H2,15,16,17,20). The lowest BCUT2D eigenvalue weighted by Gasteiger charge is -2.20. The van der Waals surface area contributed by atoms with Crippen molar-refractivity contribution in [3.63, 3.8) is 0 Å². The Balaban J connectivity index is 1.94. The third-order valence-electron chi connectivity index (χ3n) is 3.58. The smallest absolute Gasteiger partial charge is 0.321 e. The summed E-state index contributed by atoms with van der Waals surface area (Å²) < 4.78 is 0. The van der Waals surface area contributed by atoms with Crippen molar-refractivity contribution in [2.24, 2.45) is 5.92 Å². The number of hydrogen-bond donors (Lipinski definition) is 3. The molecule has 0 saturated carbocycles. The van der Waals surface area contributed by atoms with Gasteiger partial charge >= 0.3 is 12.0 Å². The van der Waals surface area contributed by atoms with E-state index in [1.54, 1.807) is 0 Å². The highest BCUT2D eigenvalue weighted by Crippen LogP contribution is 2.29. The first-order valence-corrected chi connectivity index (χ1v) is 8.05. The van der Waals surface area contributed by atoms with Gasteiger partial charge in [-0.05, 0) is 31.6 Å². The van der Waals surface area contributed by atoms with Gasteiger partial charge in [0.2, 0.25) is 0 Å². The maximum atomic E-state index is 12.0. The first kappa shape index (κ1) is 15.8. The van der Waals surface area contributed by atoms with Crippen LogP contribution in [0.3, 0.4) is 0 Å². The number of anilines is 1. The lowest BCUT2D eigenvalue weighted by molar-refractivity contribution is -0.137. The molecule has 1 aliphatic rings. The van der Waals surface area contributed by atoms with Gasteiger partial charge in [0, 0.05) is 10.9 Å². The van der Waals surface area contributed by atoms with Crippen LogP contribution in [0.5, 0.6) is 0 Å². The molecule has 2 amide bonds. The Kier molecular flexibility index (Phi) is 5.17. The minimum absolute atomic E-state index is 0.0522. The van der Waals surface area contributed by atoms with Gasteiger partial charge in [0.15, 0.2) is 5.13 Å². The number of nitrogens with zero attached hydrogens (tertiary/aromatic N) is 1. The minimum Gasteiger partial charge on any atom is -0.481 e. The van der Waals surface area contributed by atoms with Gasteiger partial charge in [0.1, 0.15) is 0 Å². The fraction of sp³-hybridized carbons (Fsp3) is 0.643. The predicted octanol–water partition coefficient (Wildman–Crippen LogP) is 2.64. The van der Waals surface area contributed by atoms with Crippen LogP contribution in [0.1, 0.15) is 43.7 Å². The third kappa shape index (κ3) is 4.42. The van der Waals surface area contributed by atoms with E-state index in [0.717, 1.165) is 25.0 Å². The van der Waals surface area contributed by atoms with Crippen LogP contribution in [0, 0.1) is 5.92 Å². The summed E-state index contributed by atoms with van der Waals surface area (Å²) in [7, 11) is 0. The van der Waals surface area contributed by atoms with Gasteiger partial charge in [0.05, 0.1) is 12.1 Å². The van der Waals surface area contributed by atoms with Crippen LogP contribution in [-0.4, -0.2) is 28.1 Å². The van der Waals surface area contributed by atoms with Crippen LogP contribution >= 0.6 is 11.3 Å². The number of aliphatic carboxylic acids is 1. The maximum Gasteiger partial charge on any atom is 0.321 e. The molecule has 0 spiro atoms. The van der Waals surface area contributed by atoms with E-state index in [2.05, 4.69) is 15.6 Å². The lowest BCUT2D eigenvalue weighted by atomic mass is 10.0. The van der Waals surface area contributed by atoms with Crippen molar-refractivity contribution in [3.05, 3.63) is 10.6 Å². The van der Waals surface area contributed by atoms with Crippen molar-refractivity contribution >= 4 is 28.5 Å². The van der Waals surface area contributed by atoms with E-state index in [9.17, 15) is 9.59 Å². The molecule has 0 aromatic carbocycles. The predicted molar refractivity (Wildman–Crippen MR) is 81.8 cm³/mol. The number of rotatable bonds is 5. The number of carboxylic acids is 1. The van der Waals surface area contributed by atoms with E-state index in [4.69, 9.17) is 5.11 Å². The lowest BCUT2D eigenvalue weighted by Crippen LogP contribution is -2.42. The number of carbonyl (C=O) groups is 2. The number of aromatic nitrogens is 1. The van der Waals surface area contributed by atoms with E-state index >= 15 is 0 Å². The fourth-order valence-corrected chi connectivity index (χ4v) is 3.39. The second-order valence-electron chi connectivity index (χ2n) is 5.64. The molecule has 0 radical (unpaired) electrons. The summed E-state index contributed by atoms with van der Waals surface area (Å²) in [5.74, 6) is -0.866. The zero-order valence-corrected chi connectivity index (χ0v) is 13.1. The van der Waals surface area contributed by atoms with Gasteiger partial charge in [-0.15, -0.1) is 11.3 Å². The number of hydrogen-bond acceptors (Lipinski definition) is 4. The van der Waals surface area contributed by atoms with Crippen molar-refractivity contribution in [2.75, 3.05) is 5.32 Å². The first-order valence-electron chi connectivity index (χ1n) is 7.23. The summed E-state index contributed by atoms with van der Waals surface area (Å²) >= 11 is 1.51. The number of carboxylic acid groups (broad SMARTS) is 1. The number of fused-ring (bicyclic) bond motifs is 1. The molecule has 2 rings (SSSR count). The number of thiazole rings is 1. The van der Waals surface area contributed by atoms with Gasteiger partial charge < -0.3 is 10.4 Å². The summed E-state index contributed by atoms with van der Waals surface area (Å²) in [5.41, 5.74) is 1.09. The second-order valence-corrected chi connectivity index (χ2v) is 6.73. The zero-order valence-electron chi connectivity index (χ0n) is 12.3. The van der Waals surface area contributed by atoms with Crippen molar-refractivity contribution < 1.29 is 14.7 Å². The summed E-state index contributed by atoms with van der Waals surface area (Å²) in [5, 5.41) is 14.9. The van der Waals surface area contributed by atoms with Crippen LogP contribution in [-0.2, 0) is 17.6 Å². The van der Waals surface area contributed by atoms with Gasteiger partial charge in [-0.1, -0.05) is 13.8 Å². The van der Waals surface area contributed by atoms with Crippen LogP contribution in [0.15, 0.2) is 0 Å². The average molecular weight is 311 g/mol. The molecule has 1 heterocycles. The molecule has 0 bridgehead atoms.